The summed E-state index contributed by atoms with van der Waals surface area (Å²) in [6, 6.07) is 7.08. The van der Waals surface area contributed by atoms with Crippen LogP contribution in [0.4, 0.5) is 16.2 Å². The van der Waals surface area contributed by atoms with E-state index in [-0.39, 0.29) is 6.03 Å². The fourth-order valence-electron chi connectivity index (χ4n) is 4.33. The van der Waals surface area contributed by atoms with Crippen molar-refractivity contribution in [3.05, 3.63) is 23.8 Å². The number of benzene rings is 1. The standard InChI is InChI=1S/C20H30N4O2/c1-16-14-17(24-9-6-18(15-24)22-7-2-3-8-22)4-5-19(16)21-20(25)23-10-12-26-13-11-23/h4-5,14,18H,2-3,6-13,15H2,1H3,(H,21,25)/t18-/m0/s1. The third kappa shape index (κ3) is 3.81. The number of aryl methyl sites for hydroxylation is 1. The number of likely N-dealkylation sites (tertiary alicyclic amines) is 1. The highest BCUT2D eigenvalue weighted by molar-refractivity contribution is 5.90. The molecule has 2 amide bonds. The average Bonchev–Trinajstić information content (AvgIpc) is 3.35. The molecule has 1 N–H and O–H groups in total. The van der Waals surface area contributed by atoms with E-state index in [1.807, 2.05) is 11.0 Å². The van der Waals surface area contributed by atoms with Crippen molar-refractivity contribution in [2.75, 3.05) is 62.7 Å². The van der Waals surface area contributed by atoms with Gasteiger partial charge in [0.1, 0.15) is 0 Å². The van der Waals surface area contributed by atoms with E-state index in [2.05, 4.69) is 34.2 Å². The summed E-state index contributed by atoms with van der Waals surface area (Å²) in [5, 5.41) is 3.06. The number of ether oxygens (including phenoxy) is 1. The summed E-state index contributed by atoms with van der Waals surface area (Å²) >= 11 is 0. The highest BCUT2D eigenvalue weighted by atomic mass is 16.5. The number of anilines is 2. The van der Waals surface area contributed by atoms with E-state index in [1.165, 1.54) is 38.0 Å². The maximum Gasteiger partial charge on any atom is 0.322 e. The maximum absolute atomic E-state index is 12.4. The molecule has 3 aliphatic heterocycles. The minimum absolute atomic E-state index is 0.0283. The Balaban J connectivity index is 1.37. The molecular formula is C20H30N4O2. The molecular weight excluding hydrogens is 328 g/mol. The first-order chi connectivity index (χ1) is 12.7. The van der Waals surface area contributed by atoms with Crippen molar-refractivity contribution in [2.24, 2.45) is 0 Å². The van der Waals surface area contributed by atoms with E-state index in [0.717, 1.165) is 24.3 Å². The SMILES string of the molecule is Cc1cc(N2CC[C@H](N3CCCC3)C2)ccc1NC(=O)N1CCOCC1. The molecule has 3 saturated heterocycles. The van der Waals surface area contributed by atoms with Crippen LogP contribution in [0.15, 0.2) is 18.2 Å². The Bertz CT molecular complexity index is 639. The van der Waals surface area contributed by atoms with Crippen LogP contribution in [0.3, 0.4) is 0 Å². The number of carbonyl (C=O) groups is 1. The summed E-state index contributed by atoms with van der Waals surface area (Å²) in [6.45, 7) is 9.43. The van der Waals surface area contributed by atoms with Crippen LogP contribution in [-0.4, -0.2) is 74.4 Å². The Morgan fingerprint density at radius 1 is 1.12 bits per heavy atom. The third-order valence-corrected chi connectivity index (χ3v) is 5.94. The van der Waals surface area contributed by atoms with Crippen LogP contribution in [0, 0.1) is 6.92 Å². The Kier molecular flexibility index (Phi) is 5.31. The van der Waals surface area contributed by atoms with Gasteiger partial charge in [0.25, 0.3) is 0 Å². The lowest BCUT2D eigenvalue weighted by Gasteiger charge is -2.27. The fraction of sp³-hybridized carbons (Fsp3) is 0.650. The van der Waals surface area contributed by atoms with Gasteiger partial charge in [-0.3, -0.25) is 4.90 Å². The predicted octanol–water partition coefficient (Wildman–Crippen LogP) is 2.53. The van der Waals surface area contributed by atoms with Crippen molar-refractivity contribution in [3.8, 4) is 0 Å². The van der Waals surface area contributed by atoms with Gasteiger partial charge < -0.3 is 19.9 Å². The molecule has 0 saturated carbocycles. The van der Waals surface area contributed by atoms with Crippen molar-refractivity contribution >= 4 is 17.4 Å². The van der Waals surface area contributed by atoms with Crippen LogP contribution in [0.2, 0.25) is 0 Å². The van der Waals surface area contributed by atoms with Gasteiger partial charge in [0.15, 0.2) is 0 Å². The minimum atomic E-state index is -0.0283. The van der Waals surface area contributed by atoms with Crippen LogP contribution in [0.5, 0.6) is 0 Å². The lowest BCUT2D eigenvalue weighted by atomic mass is 10.1. The van der Waals surface area contributed by atoms with E-state index in [0.29, 0.717) is 32.3 Å². The van der Waals surface area contributed by atoms with E-state index in [9.17, 15) is 4.79 Å². The van der Waals surface area contributed by atoms with Gasteiger partial charge >= 0.3 is 6.03 Å². The molecule has 26 heavy (non-hydrogen) atoms. The largest absolute Gasteiger partial charge is 0.378 e. The Hall–Kier alpha value is -1.79. The molecule has 1 aromatic carbocycles. The zero-order valence-electron chi connectivity index (χ0n) is 15.7. The Morgan fingerprint density at radius 2 is 1.88 bits per heavy atom. The van der Waals surface area contributed by atoms with Gasteiger partial charge in [-0.05, 0) is 63.0 Å². The maximum atomic E-state index is 12.4. The third-order valence-electron chi connectivity index (χ3n) is 5.94. The summed E-state index contributed by atoms with van der Waals surface area (Å²) in [7, 11) is 0. The van der Waals surface area contributed by atoms with Gasteiger partial charge in [0, 0.05) is 43.6 Å². The highest BCUT2D eigenvalue weighted by Gasteiger charge is 2.29. The number of nitrogens with one attached hydrogen (secondary N) is 1. The van der Waals surface area contributed by atoms with Crippen molar-refractivity contribution in [2.45, 2.75) is 32.2 Å². The van der Waals surface area contributed by atoms with E-state index in [1.54, 1.807) is 0 Å². The number of amides is 2. The number of urea groups is 1. The van der Waals surface area contributed by atoms with Crippen molar-refractivity contribution in [1.82, 2.24) is 9.80 Å². The van der Waals surface area contributed by atoms with E-state index in [4.69, 9.17) is 4.74 Å². The second-order valence-electron chi connectivity index (χ2n) is 7.66. The van der Waals surface area contributed by atoms with Crippen LogP contribution in [0.1, 0.15) is 24.8 Å². The minimum Gasteiger partial charge on any atom is -0.378 e. The first-order valence-electron chi connectivity index (χ1n) is 9.94. The number of hydrogen-bond acceptors (Lipinski definition) is 4. The molecule has 0 radical (unpaired) electrons. The van der Waals surface area contributed by atoms with Gasteiger partial charge in [-0.15, -0.1) is 0 Å². The van der Waals surface area contributed by atoms with Crippen LogP contribution < -0.4 is 10.2 Å². The van der Waals surface area contributed by atoms with E-state index < -0.39 is 0 Å². The Morgan fingerprint density at radius 3 is 2.62 bits per heavy atom. The summed E-state index contributed by atoms with van der Waals surface area (Å²) < 4.78 is 5.31. The summed E-state index contributed by atoms with van der Waals surface area (Å²) in [5.41, 5.74) is 3.29. The van der Waals surface area contributed by atoms with Crippen LogP contribution >= 0.6 is 0 Å². The van der Waals surface area contributed by atoms with Crippen LogP contribution in [0.25, 0.3) is 0 Å². The Labute approximate surface area is 156 Å². The van der Waals surface area contributed by atoms with Crippen LogP contribution in [-0.2, 0) is 4.74 Å². The molecule has 6 heteroatoms. The van der Waals surface area contributed by atoms with Crippen molar-refractivity contribution in [3.63, 3.8) is 0 Å². The molecule has 0 bridgehead atoms. The molecule has 4 rings (SSSR count). The number of hydrogen-bond donors (Lipinski definition) is 1. The predicted molar refractivity (Wildman–Crippen MR) is 104 cm³/mol. The lowest BCUT2D eigenvalue weighted by molar-refractivity contribution is 0.0564. The first-order valence-corrected chi connectivity index (χ1v) is 9.94. The van der Waals surface area contributed by atoms with Gasteiger partial charge in [-0.25, -0.2) is 4.79 Å². The molecule has 0 spiro atoms. The van der Waals surface area contributed by atoms with Crippen molar-refractivity contribution in [1.29, 1.82) is 0 Å². The highest BCUT2D eigenvalue weighted by Crippen LogP contribution is 2.28. The lowest BCUT2D eigenvalue weighted by Crippen LogP contribution is -2.43. The molecule has 6 nitrogen and oxygen atoms in total. The number of nitrogens with zero attached hydrogens (tertiary/aromatic N) is 3. The molecule has 3 aliphatic rings. The normalized spacial score (nSPS) is 24.3. The second-order valence-corrected chi connectivity index (χ2v) is 7.66. The monoisotopic (exact) mass is 358 g/mol. The number of rotatable bonds is 3. The summed E-state index contributed by atoms with van der Waals surface area (Å²) in [5.74, 6) is 0. The van der Waals surface area contributed by atoms with Crippen molar-refractivity contribution < 1.29 is 9.53 Å². The molecule has 0 unspecified atom stereocenters. The molecule has 1 aromatic rings. The zero-order valence-corrected chi connectivity index (χ0v) is 15.7. The molecule has 3 fully saturated rings. The van der Waals surface area contributed by atoms with Gasteiger partial charge in [-0.1, -0.05) is 0 Å². The van der Waals surface area contributed by atoms with E-state index >= 15 is 0 Å². The van der Waals surface area contributed by atoms with Gasteiger partial charge in [0.2, 0.25) is 0 Å². The molecule has 142 valence electrons. The second kappa shape index (κ2) is 7.84. The number of morpholine rings is 1. The summed E-state index contributed by atoms with van der Waals surface area (Å²) in [6.07, 6.45) is 3.97. The molecule has 1 atom stereocenters. The molecule has 0 aromatic heterocycles. The zero-order chi connectivity index (χ0) is 17.9. The smallest absolute Gasteiger partial charge is 0.322 e. The fourth-order valence-corrected chi connectivity index (χ4v) is 4.33. The number of carbonyl (C=O) groups excluding carboxylic acids is 1. The molecule has 3 heterocycles. The average molecular weight is 358 g/mol. The topological polar surface area (TPSA) is 48.0 Å². The quantitative estimate of drug-likeness (QED) is 0.902. The summed E-state index contributed by atoms with van der Waals surface area (Å²) in [4.78, 5) is 19.4. The van der Waals surface area contributed by atoms with Gasteiger partial charge in [0.05, 0.1) is 13.2 Å². The first kappa shape index (κ1) is 17.6. The molecule has 0 aliphatic carbocycles. The van der Waals surface area contributed by atoms with Gasteiger partial charge in [-0.2, -0.15) is 0 Å².